The maximum absolute atomic E-state index is 11.7. The Bertz CT molecular complexity index is 689. The fourth-order valence-electron chi connectivity index (χ4n) is 1.85. The highest BCUT2D eigenvalue weighted by Crippen LogP contribution is 2.14. The molecule has 0 saturated heterocycles. The molecule has 100 valence electrons. The van der Waals surface area contributed by atoms with Crippen LogP contribution >= 0.6 is 0 Å². The van der Waals surface area contributed by atoms with Crippen LogP contribution in [0, 0.1) is 0 Å². The summed E-state index contributed by atoms with van der Waals surface area (Å²) >= 11 is 0. The van der Waals surface area contributed by atoms with Crippen LogP contribution in [-0.4, -0.2) is 11.0 Å². The third kappa shape index (κ3) is 2.77. The lowest BCUT2D eigenvalue weighted by molar-refractivity contribution is 0.250. The minimum Gasteiger partial charge on any atom is -0.439 e. The molecule has 0 unspecified atom stereocenters. The molecule has 0 saturated carbocycles. The van der Waals surface area contributed by atoms with E-state index in [1.807, 2.05) is 54.6 Å². The molecule has 1 heterocycles. The van der Waals surface area contributed by atoms with E-state index in [9.17, 15) is 4.79 Å². The van der Waals surface area contributed by atoms with Gasteiger partial charge in [-0.25, -0.2) is 9.78 Å². The van der Waals surface area contributed by atoms with Crippen molar-refractivity contribution in [1.82, 2.24) is 10.3 Å². The quantitative estimate of drug-likeness (QED) is 0.766. The molecular formula is C15H13N3O2. The number of fused-ring (bicyclic) bond motifs is 1. The Balaban J connectivity index is 1.60. The Hall–Kier alpha value is -2.82. The van der Waals surface area contributed by atoms with Crippen LogP contribution in [0.5, 0.6) is 0 Å². The normalized spacial score (nSPS) is 10.4. The molecule has 3 rings (SSSR count). The van der Waals surface area contributed by atoms with E-state index in [4.69, 9.17) is 4.42 Å². The predicted octanol–water partition coefficient (Wildman–Crippen LogP) is 3.15. The van der Waals surface area contributed by atoms with Crippen molar-refractivity contribution in [2.75, 3.05) is 5.32 Å². The Kier molecular flexibility index (Phi) is 3.33. The second-order valence-corrected chi connectivity index (χ2v) is 4.25. The molecule has 0 aliphatic heterocycles. The van der Waals surface area contributed by atoms with E-state index in [2.05, 4.69) is 15.6 Å². The molecule has 5 heteroatoms. The standard InChI is InChI=1S/C15H13N3O2/c19-15(17-11-6-2-1-3-7-11)16-10-14-18-12-8-4-5-9-13(12)20-14/h1-9H,10H2,(H2,16,17,19). The Morgan fingerprint density at radius 2 is 1.80 bits per heavy atom. The summed E-state index contributed by atoms with van der Waals surface area (Å²) in [7, 11) is 0. The molecule has 1 aromatic heterocycles. The number of hydrogen-bond acceptors (Lipinski definition) is 3. The average molecular weight is 267 g/mol. The molecule has 2 amide bonds. The van der Waals surface area contributed by atoms with Gasteiger partial charge in [-0.15, -0.1) is 0 Å². The lowest BCUT2D eigenvalue weighted by Gasteiger charge is -2.05. The van der Waals surface area contributed by atoms with Crippen LogP contribution in [-0.2, 0) is 6.54 Å². The molecule has 0 fully saturated rings. The van der Waals surface area contributed by atoms with Gasteiger partial charge in [-0.1, -0.05) is 30.3 Å². The number of benzene rings is 2. The van der Waals surface area contributed by atoms with Gasteiger partial charge in [-0.05, 0) is 24.3 Å². The molecule has 0 aliphatic carbocycles. The van der Waals surface area contributed by atoms with Crippen LogP contribution < -0.4 is 10.6 Å². The topological polar surface area (TPSA) is 67.2 Å². The number of carbonyl (C=O) groups is 1. The molecule has 0 atom stereocenters. The third-order valence-electron chi connectivity index (χ3n) is 2.77. The first kappa shape index (κ1) is 12.2. The number of carbonyl (C=O) groups excluding carboxylic acids is 1. The molecule has 2 N–H and O–H groups in total. The Morgan fingerprint density at radius 1 is 1.05 bits per heavy atom. The number of oxazole rings is 1. The van der Waals surface area contributed by atoms with Gasteiger partial charge in [0.1, 0.15) is 5.52 Å². The highest BCUT2D eigenvalue weighted by molar-refractivity contribution is 5.89. The maximum atomic E-state index is 11.7. The van der Waals surface area contributed by atoms with Gasteiger partial charge < -0.3 is 15.1 Å². The van der Waals surface area contributed by atoms with E-state index in [-0.39, 0.29) is 12.6 Å². The smallest absolute Gasteiger partial charge is 0.319 e. The van der Waals surface area contributed by atoms with Crippen molar-refractivity contribution in [3.63, 3.8) is 0 Å². The van der Waals surface area contributed by atoms with Crippen molar-refractivity contribution < 1.29 is 9.21 Å². The molecule has 0 bridgehead atoms. The lowest BCUT2D eigenvalue weighted by Crippen LogP contribution is -2.28. The van der Waals surface area contributed by atoms with Gasteiger partial charge in [0.25, 0.3) is 0 Å². The summed E-state index contributed by atoms with van der Waals surface area (Å²) in [5, 5.41) is 5.43. The largest absolute Gasteiger partial charge is 0.439 e. The minimum absolute atomic E-state index is 0.243. The zero-order chi connectivity index (χ0) is 13.8. The monoisotopic (exact) mass is 267 g/mol. The van der Waals surface area contributed by atoms with Crippen LogP contribution in [0.25, 0.3) is 11.1 Å². The molecule has 3 aromatic rings. The number of urea groups is 1. The summed E-state index contributed by atoms with van der Waals surface area (Å²) < 4.78 is 5.52. The highest BCUT2D eigenvalue weighted by Gasteiger charge is 2.06. The number of nitrogens with zero attached hydrogens (tertiary/aromatic N) is 1. The first-order chi connectivity index (χ1) is 9.81. The average Bonchev–Trinajstić information content (AvgIpc) is 2.89. The van der Waals surface area contributed by atoms with E-state index < -0.39 is 0 Å². The molecule has 0 spiro atoms. The highest BCUT2D eigenvalue weighted by atomic mass is 16.3. The number of amides is 2. The fourth-order valence-corrected chi connectivity index (χ4v) is 1.85. The van der Waals surface area contributed by atoms with Crippen LogP contribution in [0.15, 0.2) is 59.0 Å². The van der Waals surface area contributed by atoms with Crippen molar-refractivity contribution in [2.24, 2.45) is 0 Å². The molecule has 20 heavy (non-hydrogen) atoms. The zero-order valence-corrected chi connectivity index (χ0v) is 10.7. The zero-order valence-electron chi connectivity index (χ0n) is 10.7. The number of nitrogens with one attached hydrogen (secondary N) is 2. The van der Waals surface area contributed by atoms with Crippen molar-refractivity contribution >= 4 is 22.8 Å². The molecular weight excluding hydrogens is 254 g/mol. The van der Waals surface area contributed by atoms with Crippen LogP contribution in [0.3, 0.4) is 0 Å². The first-order valence-electron chi connectivity index (χ1n) is 6.25. The van der Waals surface area contributed by atoms with Gasteiger partial charge in [-0.2, -0.15) is 0 Å². The molecule has 0 radical (unpaired) electrons. The van der Waals surface area contributed by atoms with E-state index in [1.54, 1.807) is 0 Å². The van der Waals surface area contributed by atoms with Gasteiger partial charge in [0.2, 0.25) is 5.89 Å². The Labute approximate surface area is 115 Å². The number of para-hydroxylation sites is 3. The summed E-state index contributed by atoms with van der Waals surface area (Å²) in [5.41, 5.74) is 2.24. The van der Waals surface area contributed by atoms with Gasteiger partial charge in [0.15, 0.2) is 5.58 Å². The van der Waals surface area contributed by atoms with Crippen LogP contribution in [0.2, 0.25) is 0 Å². The van der Waals surface area contributed by atoms with E-state index >= 15 is 0 Å². The van der Waals surface area contributed by atoms with Crippen molar-refractivity contribution in [3.8, 4) is 0 Å². The van der Waals surface area contributed by atoms with Crippen LogP contribution in [0.4, 0.5) is 10.5 Å². The van der Waals surface area contributed by atoms with Gasteiger partial charge in [-0.3, -0.25) is 0 Å². The SMILES string of the molecule is O=C(NCc1nc2ccccc2o1)Nc1ccccc1. The summed E-state index contributed by atoms with van der Waals surface area (Å²) in [5.74, 6) is 0.481. The van der Waals surface area contributed by atoms with E-state index in [0.29, 0.717) is 11.5 Å². The maximum Gasteiger partial charge on any atom is 0.319 e. The van der Waals surface area contributed by atoms with Crippen molar-refractivity contribution in [2.45, 2.75) is 6.54 Å². The van der Waals surface area contributed by atoms with Gasteiger partial charge in [0.05, 0.1) is 6.54 Å². The first-order valence-corrected chi connectivity index (χ1v) is 6.25. The predicted molar refractivity (Wildman–Crippen MR) is 76.3 cm³/mol. The van der Waals surface area contributed by atoms with E-state index in [1.165, 1.54) is 0 Å². The molecule has 2 aromatic carbocycles. The van der Waals surface area contributed by atoms with Gasteiger partial charge in [0, 0.05) is 5.69 Å². The fraction of sp³-hybridized carbons (Fsp3) is 0.0667. The Morgan fingerprint density at radius 3 is 2.60 bits per heavy atom. The second kappa shape index (κ2) is 5.44. The van der Waals surface area contributed by atoms with Gasteiger partial charge >= 0.3 is 6.03 Å². The minimum atomic E-state index is -0.293. The van der Waals surface area contributed by atoms with Crippen molar-refractivity contribution in [1.29, 1.82) is 0 Å². The summed E-state index contributed by atoms with van der Waals surface area (Å²) in [6.45, 7) is 0.243. The number of anilines is 1. The molecule has 0 aliphatic rings. The number of rotatable bonds is 3. The number of aromatic nitrogens is 1. The van der Waals surface area contributed by atoms with Crippen LogP contribution in [0.1, 0.15) is 5.89 Å². The second-order valence-electron chi connectivity index (χ2n) is 4.25. The lowest BCUT2D eigenvalue weighted by atomic mass is 10.3. The summed E-state index contributed by atoms with van der Waals surface area (Å²) in [6, 6.07) is 16.4. The summed E-state index contributed by atoms with van der Waals surface area (Å²) in [6.07, 6.45) is 0. The summed E-state index contributed by atoms with van der Waals surface area (Å²) in [4.78, 5) is 16.0. The van der Waals surface area contributed by atoms with Crippen molar-refractivity contribution in [3.05, 3.63) is 60.5 Å². The third-order valence-corrected chi connectivity index (χ3v) is 2.77. The number of hydrogen-bond donors (Lipinski definition) is 2. The van der Waals surface area contributed by atoms with E-state index in [0.717, 1.165) is 11.2 Å². The molecule has 5 nitrogen and oxygen atoms in total.